The summed E-state index contributed by atoms with van der Waals surface area (Å²) in [6, 6.07) is 7.54. The standard InChI is InChI=1S/C17H16BrN3O3S/c18-11-2-1-3-12(7-11)21-8-10(6-15(21)22)16(23)20-17-19-13-4-5-24-9-14(13)25-17/h1-3,7,10H,4-6,8-9H2,(H,19,20,23). The summed E-state index contributed by atoms with van der Waals surface area (Å²) >= 11 is 4.86. The number of halogens is 1. The molecule has 2 aliphatic rings. The molecule has 1 atom stereocenters. The number of carbonyl (C=O) groups is 2. The largest absolute Gasteiger partial charge is 0.375 e. The summed E-state index contributed by atoms with van der Waals surface area (Å²) in [7, 11) is 0. The molecule has 130 valence electrons. The van der Waals surface area contributed by atoms with E-state index in [9.17, 15) is 9.59 Å². The third kappa shape index (κ3) is 3.47. The minimum atomic E-state index is -0.372. The van der Waals surface area contributed by atoms with Gasteiger partial charge in [0, 0.05) is 29.5 Å². The fourth-order valence-corrected chi connectivity index (χ4v) is 4.40. The van der Waals surface area contributed by atoms with E-state index in [1.807, 2.05) is 24.3 Å². The zero-order valence-corrected chi connectivity index (χ0v) is 15.7. The zero-order valence-electron chi connectivity index (χ0n) is 13.3. The Labute approximate surface area is 157 Å². The van der Waals surface area contributed by atoms with E-state index in [2.05, 4.69) is 26.2 Å². The van der Waals surface area contributed by atoms with Crippen LogP contribution < -0.4 is 10.2 Å². The van der Waals surface area contributed by atoms with Gasteiger partial charge in [0.1, 0.15) is 0 Å². The number of amides is 2. The fourth-order valence-electron chi connectivity index (χ4n) is 3.06. The van der Waals surface area contributed by atoms with Crippen LogP contribution in [0.25, 0.3) is 0 Å². The Morgan fingerprint density at radius 2 is 2.32 bits per heavy atom. The number of ether oxygens (including phenoxy) is 1. The second-order valence-corrected chi connectivity index (χ2v) is 8.07. The molecule has 3 heterocycles. The van der Waals surface area contributed by atoms with Crippen molar-refractivity contribution in [3.05, 3.63) is 39.3 Å². The number of carbonyl (C=O) groups excluding carboxylic acids is 2. The van der Waals surface area contributed by atoms with Crippen molar-refractivity contribution in [1.82, 2.24) is 4.98 Å². The number of nitrogens with one attached hydrogen (secondary N) is 1. The van der Waals surface area contributed by atoms with Crippen LogP contribution in [0.2, 0.25) is 0 Å². The maximum atomic E-state index is 12.6. The van der Waals surface area contributed by atoms with E-state index in [1.54, 1.807) is 4.90 Å². The van der Waals surface area contributed by atoms with Gasteiger partial charge in [-0.15, -0.1) is 0 Å². The van der Waals surface area contributed by atoms with Gasteiger partial charge in [-0.3, -0.25) is 9.59 Å². The van der Waals surface area contributed by atoms with Crippen molar-refractivity contribution in [3.63, 3.8) is 0 Å². The van der Waals surface area contributed by atoms with E-state index in [0.717, 1.165) is 27.2 Å². The lowest BCUT2D eigenvalue weighted by Gasteiger charge is -2.16. The van der Waals surface area contributed by atoms with Crippen molar-refractivity contribution >= 4 is 49.9 Å². The highest BCUT2D eigenvalue weighted by Gasteiger charge is 2.35. The first kappa shape index (κ1) is 16.7. The highest BCUT2D eigenvalue weighted by molar-refractivity contribution is 9.10. The molecule has 1 aromatic heterocycles. The third-order valence-electron chi connectivity index (χ3n) is 4.34. The van der Waals surface area contributed by atoms with Gasteiger partial charge in [0.2, 0.25) is 11.8 Å². The van der Waals surface area contributed by atoms with Gasteiger partial charge >= 0.3 is 0 Å². The Balaban J connectivity index is 1.44. The number of rotatable bonds is 3. The Hall–Kier alpha value is -1.77. The van der Waals surface area contributed by atoms with E-state index in [0.29, 0.717) is 24.9 Å². The van der Waals surface area contributed by atoms with Gasteiger partial charge in [-0.1, -0.05) is 33.3 Å². The molecule has 2 aromatic rings. The summed E-state index contributed by atoms with van der Waals surface area (Å²) in [5, 5.41) is 3.46. The molecule has 1 fully saturated rings. The highest BCUT2D eigenvalue weighted by atomic mass is 79.9. The molecule has 2 aliphatic heterocycles. The Morgan fingerprint density at radius 1 is 1.44 bits per heavy atom. The summed E-state index contributed by atoms with van der Waals surface area (Å²) in [6.45, 7) is 1.61. The quantitative estimate of drug-likeness (QED) is 0.826. The Bertz CT molecular complexity index is 815. The third-order valence-corrected chi connectivity index (χ3v) is 5.82. The van der Waals surface area contributed by atoms with E-state index in [-0.39, 0.29) is 24.2 Å². The number of hydrogen-bond donors (Lipinski definition) is 1. The number of nitrogens with zero attached hydrogens (tertiary/aromatic N) is 2. The van der Waals surface area contributed by atoms with Gasteiger partial charge in [0.15, 0.2) is 5.13 Å². The van der Waals surface area contributed by atoms with E-state index in [4.69, 9.17) is 4.74 Å². The molecular formula is C17H16BrN3O3S. The molecule has 8 heteroatoms. The molecular weight excluding hydrogens is 406 g/mol. The number of benzene rings is 1. The minimum Gasteiger partial charge on any atom is -0.375 e. The van der Waals surface area contributed by atoms with Crippen LogP contribution in [-0.4, -0.2) is 29.9 Å². The maximum Gasteiger partial charge on any atom is 0.231 e. The van der Waals surface area contributed by atoms with Crippen LogP contribution >= 0.6 is 27.3 Å². The summed E-state index contributed by atoms with van der Waals surface area (Å²) < 4.78 is 6.31. The summed E-state index contributed by atoms with van der Waals surface area (Å²) in [5.74, 6) is -0.563. The summed E-state index contributed by atoms with van der Waals surface area (Å²) in [6.07, 6.45) is 0.993. The molecule has 0 bridgehead atoms. The predicted octanol–water partition coefficient (Wildman–Crippen LogP) is 2.97. The Kier molecular flexibility index (Phi) is 4.58. The molecule has 1 N–H and O–H groups in total. The maximum absolute atomic E-state index is 12.6. The highest BCUT2D eigenvalue weighted by Crippen LogP contribution is 2.30. The predicted molar refractivity (Wildman–Crippen MR) is 98.7 cm³/mol. The monoisotopic (exact) mass is 421 g/mol. The number of fused-ring (bicyclic) bond motifs is 1. The van der Waals surface area contributed by atoms with Crippen LogP contribution in [0.5, 0.6) is 0 Å². The SMILES string of the molecule is O=C(Nc1nc2c(s1)COCC2)C1CC(=O)N(c2cccc(Br)c2)C1. The second-order valence-electron chi connectivity index (χ2n) is 6.07. The van der Waals surface area contributed by atoms with Gasteiger partial charge in [0.05, 0.1) is 29.7 Å². The van der Waals surface area contributed by atoms with E-state index in [1.165, 1.54) is 11.3 Å². The fraction of sp³-hybridized carbons (Fsp3) is 0.353. The molecule has 1 saturated heterocycles. The van der Waals surface area contributed by atoms with Crippen molar-refractivity contribution < 1.29 is 14.3 Å². The first-order valence-electron chi connectivity index (χ1n) is 8.03. The number of anilines is 2. The lowest BCUT2D eigenvalue weighted by Crippen LogP contribution is -2.28. The average Bonchev–Trinajstić information content (AvgIpc) is 3.17. The van der Waals surface area contributed by atoms with Crippen LogP contribution in [0.1, 0.15) is 17.0 Å². The lowest BCUT2D eigenvalue weighted by atomic mass is 10.1. The first-order chi connectivity index (χ1) is 12.1. The second kappa shape index (κ2) is 6.86. The van der Waals surface area contributed by atoms with Gasteiger partial charge in [0.25, 0.3) is 0 Å². The number of thiazole rings is 1. The summed E-state index contributed by atoms with van der Waals surface area (Å²) in [5.41, 5.74) is 1.81. The van der Waals surface area contributed by atoms with Crippen molar-refractivity contribution in [2.45, 2.75) is 19.4 Å². The topological polar surface area (TPSA) is 71.5 Å². The molecule has 4 rings (SSSR count). The molecule has 1 unspecified atom stereocenters. The number of aromatic nitrogens is 1. The van der Waals surface area contributed by atoms with Crippen LogP contribution in [0.15, 0.2) is 28.7 Å². The molecule has 0 spiro atoms. The minimum absolute atomic E-state index is 0.0370. The van der Waals surface area contributed by atoms with E-state index >= 15 is 0 Å². The molecule has 1 aromatic carbocycles. The molecule has 2 amide bonds. The van der Waals surface area contributed by atoms with Crippen LogP contribution in [0, 0.1) is 5.92 Å². The van der Waals surface area contributed by atoms with Crippen molar-refractivity contribution in [2.75, 3.05) is 23.4 Å². The average molecular weight is 422 g/mol. The lowest BCUT2D eigenvalue weighted by molar-refractivity contribution is -0.122. The number of hydrogen-bond acceptors (Lipinski definition) is 5. The molecule has 0 saturated carbocycles. The first-order valence-corrected chi connectivity index (χ1v) is 9.64. The molecule has 0 radical (unpaired) electrons. The Morgan fingerprint density at radius 3 is 3.12 bits per heavy atom. The van der Waals surface area contributed by atoms with Crippen LogP contribution in [0.3, 0.4) is 0 Å². The van der Waals surface area contributed by atoms with Crippen molar-refractivity contribution in [2.24, 2.45) is 5.92 Å². The van der Waals surface area contributed by atoms with Crippen molar-refractivity contribution in [1.29, 1.82) is 0 Å². The zero-order chi connectivity index (χ0) is 17.4. The summed E-state index contributed by atoms with van der Waals surface area (Å²) in [4.78, 5) is 32.1. The van der Waals surface area contributed by atoms with Gasteiger partial charge in [-0.2, -0.15) is 0 Å². The van der Waals surface area contributed by atoms with Gasteiger partial charge in [-0.25, -0.2) is 4.98 Å². The van der Waals surface area contributed by atoms with E-state index < -0.39 is 0 Å². The smallest absolute Gasteiger partial charge is 0.231 e. The molecule has 25 heavy (non-hydrogen) atoms. The van der Waals surface area contributed by atoms with Crippen LogP contribution in [0.4, 0.5) is 10.8 Å². The van der Waals surface area contributed by atoms with Gasteiger partial charge < -0.3 is 15.0 Å². The van der Waals surface area contributed by atoms with Crippen molar-refractivity contribution in [3.8, 4) is 0 Å². The molecule has 6 nitrogen and oxygen atoms in total. The molecule has 0 aliphatic carbocycles. The van der Waals surface area contributed by atoms with Crippen LogP contribution in [-0.2, 0) is 27.4 Å². The van der Waals surface area contributed by atoms with Gasteiger partial charge in [-0.05, 0) is 18.2 Å². The normalized spacial score (nSPS) is 19.8.